The van der Waals surface area contributed by atoms with Gasteiger partial charge in [-0.05, 0) is 30.5 Å². The third-order valence-electron chi connectivity index (χ3n) is 5.55. The second kappa shape index (κ2) is 6.47. The molecule has 1 aliphatic carbocycles. The van der Waals surface area contributed by atoms with Crippen LogP contribution in [0.4, 0.5) is 5.69 Å². The van der Waals surface area contributed by atoms with Crippen LogP contribution in [0.3, 0.4) is 0 Å². The Bertz CT molecular complexity index is 978. The Hall–Kier alpha value is -3.16. The third kappa shape index (κ3) is 3.04. The molecule has 144 valence electrons. The largest absolute Gasteiger partial charge is 0.348 e. The molecule has 1 aromatic carbocycles. The highest BCUT2D eigenvalue weighted by atomic mass is 16.2. The first-order valence-corrected chi connectivity index (χ1v) is 9.63. The average Bonchev–Trinajstić information content (AvgIpc) is 3.40. The van der Waals surface area contributed by atoms with E-state index in [0.717, 1.165) is 24.1 Å². The Morgan fingerprint density at radius 3 is 2.82 bits per heavy atom. The zero-order chi connectivity index (χ0) is 19.3. The molecule has 5 rings (SSSR count). The number of nitrogens with one attached hydrogen (secondary N) is 2. The number of carbonyl (C=O) groups is 3. The van der Waals surface area contributed by atoms with Gasteiger partial charge in [-0.25, -0.2) is 0 Å². The summed E-state index contributed by atoms with van der Waals surface area (Å²) in [5.74, 6) is -0.825. The average molecular weight is 379 g/mol. The van der Waals surface area contributed by atoms with E-state index in [4.69, 9.17) is 0 Å². The Morgan fingerprint density at radius 2 is 2.00 bits per heavy atom. The molecule has 3 aliphatic rings. The number of hydrogen-bond acceptors (Lipinski definition) is 4. The molecule has 1 aromatic heterocycles. The van der Waals surface area contributed by atoms with E-state index in [0.29, 0.717) is 31.0 Å². The van der Waals surface area contributed by atoms with Crippen LogP contribution in [0.2, 0.25) is 0 Å². The number of fused-ring (bicyclic) bond motifs is 2. The predicted molar refractivity (Wildman–Crippen MR) is 101 cm³/mol. The molecule has 28 heavy (non-hydrogen) atoms. The third-order valence-corrected chi connectivity index (χ3v) is 5.55. The van der Waals surface area contributed by atoms with E-state index >= 15 is 0 Å². The maximum Gasteiger partial charge on any atom is 0.272 e. The summed E-state index contributed by atoms with van der Waals surface area (Å²) in [5, 5.41) is 10.2. The number of hydrogen-bond donors (Lipinski definition) is 2. The lowest BCUT2D eigenvalue weighted by Gasteiger charge is -2.33. The molecule has 8 nitrogen and oxygen atoms in total. The summed E-state index contributed by atoms with van der Waals surface area (Å²) in [6.45, 7) is 1.44. The van der Waals surface area contributed by atoms with Crippen LogP contribution in [0.5, 0.6) is 0 Å². The number of carbonyl (C=O) groups excluding carboxylic acids is 3. The number of aromatic nitrogens is 2. The molecule has 1 fully saturated rings. The van der Waals surface area contributed by atoms with Gasteiger partial charge >= 0.3 is 0 Å². The quantitative estimate of drug-likeness (QED) is 0.839. The van der Waals surface area contributed by atoms with E-state index in [1.807, 2.05) is 24.3 Å². The van der Waals surface area contributed by atoms with Gasteiger partial charge in [0.05, 0.1) is 24.7 Å². The molecule has 1 unspecified atom stereocenters. The van der Waals surface area contributed by atoms with Crippen LogP contribution < -0.4 is 10.6 Å². The van der Waals surface area contributed by atoms with Gasteiger partial charge in [-0.1, -0.05) is 18.2 Å². The number of anilines is 1. The molecule has 2 aromatic rings. The molecule has 0 bridgehead atoms. The lowest BCUT2D eigenvalue weighted by molar-refractivity contribution is -0.136. The van der Waals surface area contributed by atoms with Gasteiger partial charge < -0.3 is 15.5 Å². The SMILES string of the molecule is O=C1CC(C(=O)N2CCn3nc(C(=O)NC4CC4)cc3C2)c2ccccc2N1. The first-order valence-electron chi connectivity index (χ1n) is 9.63. The Balaban J connectivity index is 1.34. The number of benzene rings is 1. The van der Waals surface area contributed by atoms with Crippen molar-refractivity contribution in [1.82, 2.24) is 20.0 Å². The molecule has 3 heterocycles. The van der Waals surface area contributed by atoms with Gasteiger partial charge in [0.1, 0.15) is 0 Å². The Kier molecular flexibility index (Phi) is 3.92. The zero-order valence-electron chi connectivity index (χ0n) is 15.4. The Morgan fingerprint density at radius 1 is 1.18 bits per heavy atom. The van der Waals surface area contributed by atoms with Crippen molar-refractivity contribution in [3.05, 3.63) is 47.3 Å². The predicted octanol–water partition coefficient (Wildman–Crippen LogP) is 1.24. The first kappa shape index (κ1) is 17.0. The minimum Gasteiger partial charge on any atom is -0.348 e. The molecule has 1 saturated carbocycles. The molecule has 8 heteroatoms. The van der Waals surface area contributed by atoms with Crippen LogP contribution >= 0.6 is 0 Å². The lowest BCUT2D eigenvalue weighted by Crippen LogP contribution is -2.42. The van der Waals surface area contributed by atoms with Crippen LogP contribution in [0.15, 0.2) is 30.3 Å². The highest BCUT2D eigenvalue weighted by Crippen LogP contribution is 2.34. The second-order valence-corrected chi connectivity index (χ2v) is 7.64. The van der Waals surface area contributed by atoms with Gasteiger partial charge in [0.25, 0.3) is 5.91 Å². The highest BCUT2D eigenvalue weighted by molar-refractivity contribution is 6.01. The molecular weight excluding hydrogens is 358 g/mol. The lowest BCUT2D eigenvalue weighted by atomic mass is 9.89. The van der Waals surface area contributed by atoms with Crippen molar-refractivity contribution >= 4 is 23.4 Å². The normalized spacial score (nSPS) is 20.8. The first-order chi connectivity index (χ1) is 13.6. The molecule has 0 saturated heterocycles. The summed E-state index contributed by atoms with van der Waals surface area (Å²) in [7, 11) is 0. The summed E-state index contributed by atoms with van der Waals surface area (Å²) in [6, 6.07) is 9.49. The monoisotopic (exact) mass is 379 g/mol. The van der Waals surface area contributed by atoms with E-state index in [9.17, 15) is 14.4 Å². The van der Waals surface area contributed by atoms with Gasteiger partial charge in [-0.3, -0.25) is 19.1 Å². The van der Waals surface area contributed by atoms with Gasteiger partial charge in [0.2, 0.25) is 11.8 Å². The van der Waals surface area contributed by atoms with E-state index in [1.54, 1.807) is 15.6 Å². The summed E-state index contributed by atoms with van der Waals surface area (Å²) in [5.41, 5.74) is 2.81. The molecular formula is C20H21N5O3. The number of rotatable bonds is 3. The van der Waals surface area contributed by atoms with E-state index in [2.05, 4.69) is 15.7 Å². The fourth-order valence-electron chi connectivity index (χ4n) is 3.90. The topological polar surface area (TPSA) is 96.3 Å². The summed E-state index contributed by atoms with van der Waals surface area (Å²) < 4.78 is 1.80. The smallest absolute Gasteiger partial charge is 0.272 e. The van der Waals surface area contributed by atoms with Gasteiger partial charge in [0.15, 0.2) is 5.69 Å². The Labute approximate surface area is 161 Å². The summed E-state index contributed by atoms with van der Waals surface area (Å²) in [6.07, 6.45) is 2.21. The van der Waals surface area contributed by atoms with Crippen molar-refractivity contribution in [2.45, 2.75) is 44.3 Å². The van der Waals surface area contributed by atoms with Crippen molar-refractivity contribution in [3.63, 3.8) is 0 Å². The van der Waals surface area contributed by atoms with Crippen LogP contribution in [-0.4, -0.2) is 45.0 Å². The van der Waals surface area contributed by atoms with Gasteiger partial charge in [0, 0.05) is 24.7 Å². The van der Waals surface area contributed by atoms with Gasteiger partial charge in [-0.2, -0.15) is 5.10 Å². The van der Waals surface area contributed by atoms with Crippen molar-refractivity contribution in [3.8, 4) is 0 Å². The molecule has 3 amide bonds. The zero-order valence-corrected chi connectivity index (χ0v) is 15.4. The minimum atomic E-state index is -0.475. The molecule has 0 spiro atoms. The second-order valence-electron chi connectivity index (χ2n) is 7.64. The highest BCUT2D eigenvalue weighted by Gasteiger charge is 2.35. The van der Waals surface area contributed by atoms with Crippen LogP contribution in [0.1, 0.15) is 46.9 Å². The number of amides is 3. The van der Waals surface area contributed by atoms with Crippen molar-refractivity contribution in [2.24, 2.45) is 0 Å². The van der Waals surface area contributed by atoms with Crippen LogP contribution in [0.25, 0.3) is 0 Å². The van der Waals surface area contributed by atoms with E-state index in [1.165, 1.54) is 0 Å². The molecule has 1 atom stereocenters. The maximum atomic E-state index is 13.2. The van der Waals surface area contributed by atoms with E-state index in [-0.39, 0.29) is 30.2 Å². The maximum absolute atomic E-state index is 13.2. The van der Waals surface area contributed by atoms with Crippen molar-refractivity contribution in [1.29, 1.82) is 0 Å². The fraction of sp³-hybridized carbons (Fsp3) is 0.400. The minimum absolute atomic E-state index is 0.0567. The van der Waals surface area contributed by atoms with E-state index < -0.39 is 5.92 Å². The van der Waals surface area contributed by atoms with Crippen LogP contribution in [0, 0.1) is 0 Å². The standard InChI is InChI=1S/C20H21N5O3/c26-18-10-15(14-3-1-2-4-16(14)22-18)20(28)24-7-8-25-13(11-24)9-17(23-25)19(27)21-12-5-6-12/h1-4,9,12,15H,5-8,10-11H2,(H,21,27)(H,22,26). The number of para-hydroxylation sites is 1. The van der Waals surface area contributed by atoms with Crippen molar-refractivity contribution < 1.29 is 14.4 Å². The molecule has 2 N–H and O–H groups in total. The molecule has 0 radical (unpaired) electrons. The summed E-state index contributed by atoms with van der Waals surface area (Å²) >= 11 is 0. The van der Waals surface area contributed by atoms with Crippen molar-refractivity contribution in [2.75, 3.05) is 11.9 Å². The van der Waals surface area contributed by atoms with Gasteiger partial charge in [-0.15, -0.1) is 0 Å². The molecule has 2 aliphatic heterocycles. The van der Waals surface area contributed by atoms with Crippen LogP contribution in [-0.2, 0) is 22.7 Å². The fourth-order valence-corrected chi connectivity index (χ4v) is 3.90. The summed E-state index contributed by atoms with van der Waals surface area (Å²) in [4.78, 5) is 39.3. The number of nitrogens with zero attached hydrogens (tertiary/aromatic N) is 3.